The summed E-state index contributed by atoms with van der Waals surface area (Å²) in [6.07, 6.45) is -0.965. The number of aliphatic hydroxyl groups is 2. The molecule has 0 aromatic carbocycles. The average Bonchev–Trinajstić information content (AvgIpc) is 2.51. The molecule has 1 aliphatic rings. The molecule has 1 aliphatic heterocycles. The van der Waals surface area contributed by atoms with Gasteiger partial charge in [0, 0.05) is 13.7 Å². The fraction of sp³-hybridized carbons (Fsp3) is 1.00. The third-order valence-corrected chi connectivity index (χ3v) is 2.45. The topological polar surface area (TPSA) is 62.2 Å². The van der Waals surface area contributed by atoms with E-state index in [-0.39, 0.29) is 6.04 Å². The van der Waals surface area contributed by atoms with Crippen LogP contribution in [-0.2, 0) is 9.47 Å². The van der Waals surface area contributed by atoms with Crippen LogP contribution in [0.5, 0.6) is 0 Å². The van der Waals surface area contributed by atoms with Crippen molar-refractivity contribution in [1.82, 2.24) is 4.90 Å². The molecule has 14 heavy (non-hydrogen) atoms. The molecule has 2 N–H and O–H groups in total. The fourth-order valence-electron chi connectivity index (χ4n) is 1.67. The van der Waals surface area contributed by atoms with Gasteiger partial charge in [0.05, 0.1) is 38.1 Å². The summed E-state index contributed by atoms with van der Waals surface area (Å²) in [6, 6.07) is -0.0125. The lowest BCUT2D eigenvalue weighted by Crippen LogP contribution is -2.44. The molecule has 0 bridgehead atoms. The Balaban J connectivity index is 2.29. The van der Waals surface area contributed by atoms with E-state index in [0.29, 0.717) is 26.4 Å². The molecule has 3 atom stereocenters. The van der Waals surface area contributed by atoms with Gasteiger partial charge in [0.25, 0.3) is 0 Å². The first kappa shape index (κ1) is 11.9. The van der Waals surface area contributed by atoms with E-state index >= 15 is 0 Å². The summed E-state index contributed by atoms with van der Waals surface area (Å²) in [5, 5.41) is 19.0. The summed E-state index contributed by atoms with van der Waals surface area (Å²) < 4.78 is 9.95. The van der Waals surface area contributed by atoms with E-state index in [0.717, 1.165) is 0 Å². The zero-order chi connectivity index (χ0) is 10.6. The van der Waals surface area contributed by atoms with Crippen LogP contribution in [0.2, 0.25) is 0 Å². The monoisotopic (exact) mass is 205 g/mol. The van der Waals surface area contributed by atoms with Gasteiger partial charge in [0.1, 0.15) is 0 Å². The van der Waals surface area contributed by atoms with Crippen molar-refractivity contribution >= 4 is 0 Å². The summed E-state index contributed by atoms with van der Waals surface area (Å²) in [6.45, 7) is 1.71. The maximum absolute atomic E-state index is 9.52. The largest absolute Gasteiger partial charge is 0.389 e. The van der Waals surface area contributed by atoms with Crippen LogP contribution in [0.3, 0.4) is 0 Å². The van der Waals surface area contributed by atoms with Gasteiger partial charge >= 0.3 is 0 Å². The smallest absolute Gasteiger partial charge is 0.0950 e. The predicted molar refractivity (Wildman–Crippen MR) is 51.1 cm³/mol. The number of hydrogen-bond donors (Lipinski definition) is 2. The molecule has 5 nitrogen and oxygen atoms in total. The van der Waals surface area contributed by atoms with Gasteiger partial charge in [-0.3, -0.25) is 4.90 Å². The molecule has 1 fully saturated rings. The fourth-order valence-corrected chi connectivity index (χ4v) is 1.67. The highest BCUT2D eigenvalue weighted by Gasteiger charge is 2.30. The molecular weight excluding hydrogens is 186 g/mol. The van der Waals surface area contributed by atoms with E-state index in [1.807, 2.05) is 11.9 Å². The Morgan fingerprint density at radius 1 is 1.57 bits per heavy atom. The maximum Gasteiger partial charge on any atom is 0.0950 e. The zero-order valence-corrected chi connectivity index (χ0v) is 8.72. The SMILES string of the molecule is COCC(O)CN(C)[C@@H]1COC[C@H]1O. The highest BCUT2D eigenvalue weighted by molar-refractivity contribution is 4.82. The number of rotatable bonds is 5. The van der Waals surface area contributed by atoms with Crippen molar-refractivity contribution in [3.63, 3.8) is 0 Å². The number of nitrogens with zero attached hydrogens (tertiary/aromatic N) is 1. The highest BCUT2D eigenvalue weighted by atomic mass is 16.5. The van der Waals surface area contributed by atoms with Crippen LogP contribution in [0.1, 0.15) is 0 Å². The molecule has 0 aliphatic carbocycles. The quantitative estimate of drug-likeness (QED) is 0.583. The summed E-state index contributed by atoms with van der Waals surface area (Å²) in [4.78, 5) is 1.90. The minimum atomic E-state index is -0.516. The number of ether oxygens (including phenoxy) is 2. The minimum Gasteiger partial charge on any atom is -0.389 e. The second kappa shape index (κ2) is 5.63. The molecule has 0 saturated carbocycles. The van der Waals surface area contributed by atoms with Crippen LogP contribution in [0.4, 0.5) is 0 Å². The number of likely N-dealkylation sites (N-methyl/N-ethyl adjacent to an activating group) is 1. The van der Waals surface area contributed by atoms with Crippen LogP contribution >= 0.6 is 0 Å². The van der Waals surface area contributed by atoms with E-state index in [9.17, 15) is 10.2 Å². The first-order chi connectivity index (χ1) is 6.65. The Morgan fingerprint density at radius 3 is 2.79 bits per heavy atom. The van der Waals surface area contributed by atoms with Crippen molar-refractivity contribution in [2.75, 3.05) is 40.5 Å². The first-order valence-corrected chi connectivity index (χ1v) is 4.78. The lowest BCUT2D eigenvalue weighted by molar-refractivity contribution is 0.0195. The first-order valence-electron chi connectivity index (χ1n) is 4.78. The molecule has 84 valence electrons. The molecule has 0 aromatic heterocycles. The third kappa shape index (κ3) is 3.18. The zero-order valence-electron chi connectivity index (χ0n) is 8.72. The summed E-state index contributed by atoms with van der Waals surface area (Å²) in [7, 11) is 3.41. The Bertz CT molecular complexity index is 167. The average molecular weight is 205 g/mol. The summed E-state index contributed by atoms with van der Waals surface area (Å²) in [5.41, 5.74) is 0. The van der Waals surface area contributed by atoms with Gasteiger partial charge in [-0.2, -0.15) is 0 Å². The molecule has 0 radical (unpaired) electrons. The molecule has 0 aromatic rings. The molecule has 1 rings (SSSR count). The van der Waals surface area contributed by atoms with Crippen LogP contribution in [0.25, 0.3) is 0 Å². The van der Waals surface area contributed by atoms with E-state index < -0.39 is 12.2 Å². The van der Waals surface area contributed by atoms with Crippen molar-refractivity contribution in [3.8, 4) is 0 Å². The van der Waals surface area contributed by atoms with Crippen molar-refractivity contribution < 1.29 is 19.7 Å². The molecule has 0 spiro atoms. The number of hydrogen-bond acceptors (Lipinski definition) is 5. The standard InChI is InChI=1S/C9H19NO4/c1-10(3-7(11)4-13-2)8-5-14-6-9(8)12/h7-9,11-12H,3-6H2,1-2H3/t7?,8-,9-/m1/s1. The highest BCUT2D eigenvalue weighted by Crippen LogP contribution is 2.11. The number of methoxy groups -OCH3 is 1. The van der Waals surface area contributed by atoms with Crippen molar-refractivity contribution in [2.24, 2.45) is 0 Å². The van der Waals surface area contributed by atoms with Gasteiger partial charge in [-0.1, -0.05) is 0 Å². The molecule has 0 amide bonds. The third-order valence-electron chi connectivity index (χ3n) is 2.45. The Labute approximate surface area is 84.2 Å². The normalized spacial score (nSPS) is 29.8. The van der Waals surface area contributed by atoms with E-state index in [2.05, 4.69) is 0 Å². The predicted octanol–water partition coefficient (Wildman–Crippen LogP) is -1.31. The van der Waals surface area contributed by atoms with Crippen LogP contribution < -0.4 is 0 Å². The minimum absolute atomic E-state index is 0.0125. The molecule has 1 saturated heterocycles. The second-order valence-electron chi connectivity index (χ2n) is 3.72. The van der Waals surface area contributed by atoms with Gasteiger partial charge < -0.3 is 19.7 Å². The van der Waals surface area contributed by atoms with Crippen molar-refractivity contribution in [1.29, 1.82) is 0 Å². The second-order valence-corrected chi connectivity index (χ2v) is 3.72. The van der Waals surface area contributed by atoms with Gasteiger partial charge in [0.15, 0.2) is 0 Å². The van der Waals surface area contributed by atoms with Crippen molar-refractivity contribution in [2.45, 2.75) is 18.2 Å². The van der Waals surface area contributed by atoms with Gasteiger partial charge in [-0.25, -0.2) is 0 Å². The Kier molecular flexibility index (Phi) is 4.77. The summed E-state index contributed by atoms with van der Waals surface area (Å²) >= 11 is 0. The molecular formula is C9H19NO4. The van der Waals surface area contributed by atoms with Gasteiger partial charge in [-0.05, 0) is 7.05 Å². The van der Waals surface area contributed by atoms with Crippen LogP contribution in [0.15, 0.2) is 0 Å². The van der Waals surface area contributed by atoms with E-state index in [1.165, 1.54) is 0 Å². The molecule has 1 heterocycles. The lowest BCUT2D eigenvalue weighted by atomic mass is 10.2. The van der Waals surface area contributed by atoms with E-state index in [4.69, 9.17) is 9.47 Å². The van der Waals surface area contributed by atoms with Gasteiger partial charge in [0.2, 0.25) is 0 Å². The number of aliphatic hydroxyl groups excluding tert-OH is 2. The van der Waals surface area contributed by atoms with Crippen LogP contribution in [-0.4, -0.2) is 73.9 Å². The maximum atomic E-state index is 9.52. The Hall–Kier alpha value is -0.200. The summed E-state index contributed by atoms with van der Waals surface area (Å²) in [5.74, 6) is 0. The van der Waals surface area contributed by atoms with Crippen LogP contribution in [0, 0.1) is 0 Å². The van der Waals surface area contributed by atoms with E-state index in [1.54, 1.807) is 7.11 Å². The van der Waals surface area contributed by atoms with Gasteiger partial charge in [-0.15, -0.1) is 0 Å². The Morgan fingerprint density at radius 2 is 2.29 bits per heavy atom. The molecule has 5 heteroatoms. The van der Waals surface area contributed by atoms with Crippen molar-refractivity contribution in [3.05, 3.63) is 0 Å². The molecule has 1 unspecified atom stereocenters. The lowest BCUT2D eigenvalue weighted by Gasteiger charge is -2.27.